The van der Waals surface area contributed by atoms with Gasteiger partial charge in [-0.05, 0) is 12.1 Å². The number of carbonyl (C=O) groups excluding carboxylic acids is 2. The van der Waals surface area contributed by atoms with Crippen LogP contribution < -0.4 is 10.6 Å². The number of hydrogen-bond acceptors (Lipinski definition) is 4. The van der Waals surface area contributed by atoms with Crippen LogP contribution in [0.3, 0.4) is 0 Å². The minimum atomic E-state index is -0.484. The van der Waals surface area contributed by atoms with Crippen molar-refractivity contribution in [3.8, 4) is 0 Å². The molecule has 2 N–H and O–H groups in total. The summed E-state index contributed by atoms with van der Waals surface area (Å²) in [6, 6.07) is 3.55. The van der Waals surface area contributed by atoms with Crippen LogP contribution in [0.4, 0.5) is 5.69 Å². The summed E-state index contributed by atoms with van der Waals surface area (Å²) in [6.07, 6.45) is 4.69. The van der Waals surface area contributed by atoms with Crippen molar-refractivity contribution in [1.29, 1.82) is 0 Å². The first-order valence-corrected chi connectivity index (χ1v) is 6.97. The van der Waals surface area contributed by atoms with E-state index in [0.717, 1.165) is 0 Å². The van der Waals surface area contributed by atoms with E-state index >= 15 is 0 Å². The van der Waals surface area contributed by atoms with Gasteiger partial charge in [0.2, 0.25) is 11.8 Å². The monoisotopic (exact) mass is 304 g/mol. The van der Waals surface area contributed by atoms with Crippen LogP contribution in [0.2, 0.25) is 0 Å². The normalized spacial score (nSPS) is 11.2. The van der Waals surface area contributed by atoms with Gasteiger partial charge in [0.25, 0.3) is 0 Å². The summed E-state index contributed by atoms with van der Waals surface area (Å²) in [7, 11) is 0. The molecular formula is C15H20N4O3. The zero-order chi connectivity index (χ0) is 16.2. The third-order valence-electron chi connectivity index (χ3n) is 2.92. The number of amides is 2. The second-order valence-electron chi connectivity index (χ2n) is 5.99. The second-order valence-corrected chi connectivity index (χ2v) is 5.99. The van der Waals surface area contributed by atoms with Crippen molar-refractivity contribution in [3.63, 3.8) is 0 Å². The van der Waals surface area contributed by atoms with Gasteiger partial charge < -0.3 is 15.1 Å². The number of carbonyl (C=O) groups is 2. The van der Waals surface area contributed by atoms with E-state index in [1.807, 2.05) is 20.8 Å². The molecule has 118 valence electrons. The second kappa shape index (κ2) is 6.46. The van der Waals surface area contributed by atoms with Gasteiger partial charge in [-0.25, -0.2) is 0 Å². The molecule has 0 saturated carbocycles. The predicted molar refractivity (Wildman–Crippen MR) is 80.9 cm³/mol. The summed E-state index contributed by atoms with van der Waals surface area (Å²) in [6.45, 7) is 5.89. The molecular weight excluding hydrogens is 284 g/mol. The molecule has 7 nitrogen and oxygen atoms in total. The van der Waals surface area contributed by atoms with Crippen LogP contribution in [-0.2, 0) is 22.7 Å². The van der Waals surface area contributed by atoms with Crippen LogP contribution in [0.1, 0.15) is 26.5 Å². The maximum absolute atomic E-state index is 11.9. The molecule has 0 bridgehead atoms. The minimum absolute atomic E-state index is 0.0755. The first kappa shape index (κ1) is 15.8. The third-order valence-corrected chi connectivity index (χ3v) is 2.92. The highest BCUT2D eigenvalue weighted by atomic mass is 16.3. The lowest BCUT2D eigenvalue weighted by Crippen LogP contribution is -2.28. The lowest BCUT2D eigenvalue weighted by Gasteiger charge is -2.16. The molecule has 2 heterocycles. The Kier molecular flexibility index (Phi) is 4.65. The van der Waals surface area contributed by atoms with Gasteiger partial charge in [-0.15, -0.1) is 0 Å². The van der Waals surface area contributed by atoms with Gasteiger partial charge >= 0.3 is 0 Å². The Morgan fingerprint density at radius 3 is 2.77 bits per heavy atom. The molecule has 0 aliphatic rings. The molecule has 0 aromatic carbocycles. The molecule has 0 spiro atoms. The average Bonchev–Trinajstić information content (AvgIpc) is 3.07. The SMILES string of the molecule is CC(C)(C)C(=O)Nc1cnn(CC(=O)NCc2ccco2)c1. The zero-order valence-corrected chi connectivity index (χ0v) is 12.9. The molecule has 0 aliphatic heterocycles. The van der Waals surface area contributed by atoms with Crippen LogP contribution in [0.25, 0.3) is 0 Å². The van der Waals surface area contributed by atoms with Crippen LogP contribution in [-0.4, -0.2) is 21.6 Å². The number of furan rings is 1. The summed E-state index contributed by atoms with van der Waals surface area (Å²) < 4.78 is 6.60. The van der Waals surface area contributed by atoms with Crippen molar-refractivity contribution >= 4 is 17.5 Å². The number of hydrogen-bond donors (Lipinski definition) is 2. The Hall–Kier alpha value is -2.57. The van der Waals surface area contributed by atoms with Crippen LogP contribution in [0.5, 0.6) is 0 Å². The Labute approximate surface area is 128 Å². The first-order valence-electron chi connectivity index (χ1n) is 6.97. The molecule has 0 atom stereocenters. The molecule has 7 heteroatoms. The molecule has 0 radical (unpaired) electrons. The maximum Gasteiger partial charge on any atom is 0.242 e. The van der Waals surface area contributed by atoms with E-state index in [9.17, 15) is 9.59 Å². The van der Waals surface area contributed by atoms with Gasteiger partial charge in [0, 0.05) is 11.6 Å². The van der Waals surface area contributed by atoms with Crippen molar-refractivity contribution in [2.24, 2.45) is 5.41 Å². The van der Waals surface area contributed by atoms with E-state index in [1.54, 1.807) is 24.6 Å². The fourth-order valence-corrected chi connectivity index (χ4v) is 1.64. The lowest BCUT2D eigenvalue weighted by molar-refractivity contribution is -0.123. The Morgan fingerprint density at radius 1 is 1.36 bits per heavy atom. The Balaban J connectivity index is 1.83. The molecule has 0 aliphatic carbocycles. The van der Waals surface area contributed by atoms with Crippen molar-refractivity contribution in [2.75, 3.05) is 5.32 Å². The third kappa shape index (κ3) is 4.47. The molecule has 22 heavy (non-hydrogen) atoms. The van der Waals surface area contributed by atoms with Gasteiger partial charge in [-0.2, -0.15) is 5.10 Å². The molecule has 2 rings (SSSR count). The fraction of sp³-hybridized carbons (Fsp3) is 0.400. The summed E-state index contributed by atoms with van der Waals surface area (Å²) in [5.41, 5.74) is 0.0847. The fourth-order valence-electron chi connectivity index (χ4n) is 1.64. The van der Waals surface area contributed by atoms with Crippen LogP contribution in [0, 0.1) is 5.41 Å². The average molecular weight is 304 g/mol. The molecule has 0 unspecified atom stereocenters. The summed E-state index contributed by atoms with van der Waals surface area (Å²) in [4.78, 5) is 23.7. The molecule has 0 fully saturated rings. The van der Waals surface area contributed by atoms with Gasteiger partial charge in [0.15, 0.2) is 0 Å². The minimum Gasteiger partial charge on any atom is -0.467 e. The Bertz CT molecular complexity index is 638. The molecule has 2 amide bonds. The number of aromatic nitrogens is 2. The summed E-state index contributed by atoms with van der Waals surface area (Å²) in [5.74, 6) is 0.398. The van der Waals surface area contributed by atoms with E-state index in [2.05, 4.69) is 15.7 Å². The number of nitrogens with zero attached hydrogens (tertiary/aromatic N) is 2. The zero-order valence-electron chi connectivity index (χ0n) is 12.9. The maximum atomic E-state index is 11.9. The quantitative estimate of drug-likeness (QED) is 0.881. The van der Waals surface area contributed by atoms with Crippen molar-refractivity contribution in [1.82, 2.24) is 15.1 Å². The van der Waals surface area contributed by atoms with E-state index in [0.29, 0.717) is 18.0 Å². The van der Waals surface area contributed by atoms with Gasteiger partial charge in [0.1, 0.15) is 12.3 Å². The number of anilines is 1. The lowest BCUT2D eigenvalue weighted by atomic mass is 9.96. The predicted octanol–water partition coefficient (Wildman–Crippen LogP) is 1.78. The van der Waals surface area contributed by atoms with Gasteiger partial charge in [0.05, 0.1) is 24.7 Å². The van der Waals surface area contributed by atoms with Crippen molar-refractivity contribution < 1.29 is 14.0 Å². The van der Waals surface area contributed by atoms with Gasteiger partial charge in [-0.3, -0.25) is 14.3 Å². The highest BCUT2D eigenvalue weighted by Crippen LogP contribution is 2.16. The largest absolute Gasteiger partial charge is 0.467 e. The van der Waals surface area contributed by atoms with E-state index in [1.165, 1.54) is 10.9 Å². The summed E-state index contributed by atoms with van der Waals surface area (Å²) >= 11 is 0. The van der Waals surface area contributed by atoms with E-state index in [4.69, 9.17) is 4.42 Å². The van der Waals surface area contributed by atoms with E-state index in [-0.39, 0.29) is 18.4 Å². The highest BCUT2D eigenvalue weighted by molar-refractivity contribution is 5.94. The van der Waals surface area contributed by atoms with Gasteiger partial charge in [-0.1, -0.05) is 20.8 Å². The summed E-state index contributed by atoms with van der Waals surface area (Å²) in [5, 5.41) is 9.54. The molecule has 2 aromatic heterocycles. The van der Waals surface area contributed by atoms with Crippen molar-refractivity contribution in [3.05, 3.63) is 36.5 Å². The number of rotatable bonds is 5. The topological polar surface area (TPSA) is 89.2 Å². The first-order chi connectivity index (χ1) is 10.3. The molecule has 2 aromatic rings. The van der Waals surface area contributed by atoms with Crippen LogP contribution in [0.15, 0.2) is 35.2 Å². The number of nitrogens with one attached hydrogen (secondary N) is 2. The van der Waals surface area contributed by atoms with E-state index < -0.39 is 5.41 Å². The smallest absolute Gasteiger partial charge is 0.242 e. The van der Waals surface area contributed by atoms with Crippen molar-refractivity contribution in [2.45, 2.75) is 33.9 Å². The highest BCUT2D eigenvalue weighted by Gasteiger charge is 2.21. The Morgan fingerprint density at radius 2 is 2.14 bits per heavy atom. The van der Waals surface area contributed by atoms with Crippen LogP contribution >= 0.6 is 0 Å². The molecule has 0 saturated heterocycles. The standard InChI is InChI=1S/C15H20N4O3/c1-15(2,3)14(21)18-11-7-17-19(9-11)10-13(20)16-8-12-5-4-6-22-12/h4-7,9H,8,10H2,1-3H3,(H,16,20)(H,18,21).